The number of nitrogens with two attached hydrogens (primary N) is 1. The zero-order valence-corrected chi connectivity index (χ0v) is 16.0. The van der Waals surface area contributed by atoms with E-state index in [4.69, 9.17) is 10.5 Å². The molecule has 2 N–H and O–H groups in total. The topological polar surface area (TPSA) is 95.9 Å². The van der Waals surface area contributed by atoms with Gasteiger partial charge in [-0.2, -0.15) is 0 Å². The van der Waals surface area contributed by atoms with Crippen LogP contribution in [0.5, 0.6) is 5.75 Å². The molecular weight excluding hydrogens is 441 g/mol. The summed E-state index contributed by atoms with van der Waals surface area (Å²) in [5.74, 6) is 1.06. The Morgan fingerprint density at radius 2 is 2.21 bits per heavy atom. The van der Waals surface area contributed by atoms with Crippen LogP contribution in [0.15, 0.2) is 34.6 Å². The highest BCUT2D eigenvalue weighted by atomic mass is 127. The molecule has 0 fully saturated rings. The van der Waals surface area contributed by atoms with Crippen LogP contribution in [0.1, 0.15) is 6.92 Å². The van der Waals surface area contributed by atoms with Crippen molar-refractivity contribution in [3.8, 4) is 5.75 Å². The minimum Gasteiger partial charge on any atom is -0.497 e. The van der Waals surface area contributed by atoms with E-state index in [1.807, 2.05) is 18.2 Å². The van der Waals surface area contributed by atoms with Gasteiger partial charge in [-0.05, 0) is 47.7 Å². The summed E-state index contributed by atoms with van der Waals surface area (Å²) in [4.78, 5) is 25.4. The normalized spacial score (nSPS) is 11.0. The van der Waals surface area contributed by atoms with E-state index in [-0.39, 0.29) is 12.3 Å². The number of ether oxygens (including phenoxy) is 1. The number of imidazole rings is 1. The third kappa shape index (κ3) is 3.31. The van der Waals surface area contributed by atoms with Crippen LogP contribution in [0, 0.1) is 3.57 Å². The summed E-state index contributed by atoms with van der Waals surface area (Å²) in [6.45, 7) is 1.70. The number of hydrogen-bond donors (Lipinski definition) is 1. The quantitative estimate of drug-likeness (QED) is 0.591. The number of hydrogen-bond acceptors (Lipinski definition) is 7. The first-order valence-corrected chi connectivity index (χ1v) is 8.86. The lowest BCUT2D eigenvalue weighted by molar-refractivity contribution is -0.117. The monoisotopic (exact) mass is 455 g/mol. The second-order valence-electron chi connectivity index (χ2n) is 5.01. The number of fused-ring (bicyclic) bond motifs is 1. The molecule has 3 aromatic rings. The van der Waals surface area contributed by atoms with Gasteiger partial charge in [0.2, 0.25) is 0 Å². The average molecular weight is 455 g/mol. The maximum Gasteiger partial charge on any atom is 0.175 e. The minimum atomic E-state index is 0.00803. The van der Waals surface area contributed by atoms with Gasteiger partial charge < -0.3 is 10.5 Å². The first-order valence-electron chi connectivity index (χ1n) is 6.97. The smallest absolute Gasteiger partial charge is 0.175 e. The second-order valence-corrected chi connectivity index (χ2v) is 7.18. The Bertz CT molecular complexity index is 928. The number of carbonyl (C=O) groups excluding carboxylic acids is 1. The van der Waals surface area contributed by atoms with E-state index in [0.717, 1.165) is 14.2 Å². The summed E-state index contributed by atoms with van der Waals surface area (Å²) in [7, 11) is 1.62. The minimum absolute atomic E-state index is 0.00803. The van der Waals surface area contributed by atoms with Gasteiger partial charge in [0.15, 0.2) is 22.1 Å². The number of benzene rings is 1. The highest BCUT2D eigenvalue weighted by Gasteiger charge is 2.18. The molecule has 0 spiro atoms. The van der Waals surface area contributed by atoms with Crippen molar-refractivity contribution in [1.82, 2.24) is 19.5 Å². The van der Waals surface area contributed by atoms with Gasteiger partial charge in [0.05, 0.1) is 13.7 Å². The van der Waals surface area contributed by atoms with Gasteiger partial charge in [0.1, 0.15) is 17.9 Å². The highest BCUT2D eigenvalue weighted by Crippen LogP contribution is 2.35. The highest BCUT2D eigenvalue weighted by molar-refractivity contribution is 14.1. The van der Waals surface area contributed by atoms with Crippen LogP contribution in [-0.4, -0.2) is 32.4 Å². The molecule has 2 aromatic heterocycles. The van der Waals surface area contributed by atoms with Crippen LogP contribution in [0.25, 0.3) is 11.2 Å². The number of nitrogen functional groups attached to an aromatic ring is 1. The van der Waals surface area contributed by atoms with Crippen LogP contribution in [-0.2, 0) is 11.3 Å². The molecule has 124 valence electrons. The third-order valence-corrected chi connectivity index (χ3v) is 5.60. The summed E-state index contributed by atoms with van der Waals surface area (Å²) in [5, 5.41) is 0.638. The molecule has 0 radical (unpaired) electrons. The van der Waals surface area contributed by atoms with Crippen molar-refractivity contribution in [2.24, 2.45) is 0 Å². The zero-order valence-electron chi connectivity index (χ0n) is 13.0. The molecule has 0 aliphatic carbocycles. The van der Waals surface area contributed by atoms with Crippen molar-refractivity contribution in [2.45, 2.75) is 23.5 Å². The van der Waals surface area contributed by atoms with Crippen molar-refractivity contribution in [1.29, 1.82) is 0 Å². The zero-order chi connectivity index (χ0) is 17.3. The molecule has 0 amide bonds. The molecule has 0 aliphatic rings. The number of anilines is 1. The van der Waals surface area contributed by atoms with Gasteiger partial charge in [0, 0.05) is 8.47 Å². The molecular formula is C15H14IN5O2S. The van der Waals surface area contributed by atoms with Crippen LogP contribution < -0.4 is 10.5 Å². The SMILES string of the molecule is COc1ccc(I)c(Sc2nc3c(N)ncnc3n2CC(C)=O)c1. The van der Waals surface area contributed by atoms with Gasteiger partial charge in [0.25, 0.3) is 0 Å². The van der Waals surface area contributed by atoms with Crippen molar-refractivity contribution < 1.29 is 9.53 Å². The molecule has 24 heavy (non-hydrogen) atoms. The molecule has 9 heteroatoms. The first-order chi connectivity index (χ1) is 11.5. The van der Waals surface area contributed by atoms with E-state index in [9.17, 15) is 4.79 Å². The Morgan fingerprint density at radius 3 is 2.92 bits per heavy atom. The number of Topliss-reactive ketones (excluding diaryl/α,β-unsaturated/α-hetero) is 1. The fraction of sp³-hybridized carbons (Fsp3) is 0.200. The summed E-state index contributed by atoms with van der Waals surface area (Å²) >= 11 is 3.69. The Kier molecular flexibility index (Phi) is 4.90. The van der Waals surface area contributed by atoms with Crippen molar-refractivity contribution in [2.75, 3.05) is 12.8 Å². The summed E-state index contributed by atoms with van der Waals surface area (Å²) in [6.07, 6.45) is 1.37. The van der Waals surface area contributed by atoms with E-state index < -0.39 is 0 Å². The van der Waals surface area contributed by atoms with Gasteiger partial charge >= 0.3 is 0 Å². The molecule has 0 saturated carbocycles. The molecule has 2 heterocycles. The Balaban J connectivity index is 2.12. The van der Waals surface area contributed by atoms with Gasteiger partial charge in [-0.3, -0.25) is 9.36 Å². The number of methoxy groups -OCH3 is 1. The molecule has 0 atom stereocenters. The summed E-state index contributed by atoms with van der Waals surface area (Å²) in [6, 6.07) is 5.79. The second kappa shape index (κ2) is 6.93. The van der Waals surface area contributed by atoms with E-state index in [1.165, 1.54) is 25.0 Å². The predicted molar refractivity (Wildman–Crippen MR) is 100 cm³/mol. The number of carbonyl (C=O) groups is 1. The lowest BCUT2D eigenvalue weighted by atomic mass is 10.3. The van der Waals surface area contributed by atoms with Crippen LogP contribution >= 0.6 is 34.4 Å². The Morgan fingerprint density at radius 1 is 1.42 bits per heavy atom. The fourth-order valence-electron chi connectivity index (χ4n) is 2.16. The van der Waals surface area contributed by atoms with Crippen LogP contribution in [0.4, 0.5) is 5.82 Å². The van der Waals surface area contributed by atoms with Gasteiger partial charge in [-0.15, -0.1) is 0 Å². The standard InChI is InChI=1S/C15H14IN5O2S/c1-8(22)6-21-14-12(13(17)18-7-19-14)20-15(21)24-11-5-9(23-2)3-4-10(11)16/h3-5,7H,6H2,1-2H3,(H2,17,18,19). The third-order valence-electron chi connectivity index (χ3n) is 3.25. The van der Waals surface area contributed by atoms with E-state index in [0.29, 0.717) is 22.1 Å². The number of nitrogens with zero attached hydrogens (tertiary/aromatic N) is 4. The number of aromatic nitrogens is 4. The maximum atomic E-state index is 11.7. The number of ketones is 1. The van der Waals surface area contributed by atoms with Crippen LogP contribution in [0.2, 0.25) is 0 Å². The van der Waals surface area contributed by atoms with Crippen molar-refractivity contribution in [3.05, 3.63) is 28.1 Å². The first kappa shape index (κ1) is 17.0. The molecule has 3 rings (SSSR count). The maximum absolute atomic E-state index is 11.7. The van der Waals surface area contributed by atoms with Crippen molar-refractivity contribution in [3.63, 3.8) is 0 Å². The summed E-state index contributed by atoms with van der Waals surface area (Å²) in [5.41, 5.74) is 6.95. The predicted octanol–water partition coefficient (Wildman–Crippen LogP) is 2.76. The molecule has 0 unspecified atom stereocenters. The van der Waals surface area contributed by atoms with Crippen molar-refractivity contribution >= 4 is 57.1 Å². The molecule has 7 nitrogen and oxygen atoms in total. The van der Waals surface area contributed by atoms with Gasteiger partial charge in [-0.1, -0.05) is 11.8 Å². The molecule has 1 aromatic carbocycles. The molecule has 0 aliphatic heterocycles. The van der Waals surface area contributed by atoms with Crippen LogP contribution in [0.3, 0.4) is 0 Å². The molecule has 0 bridgehead atoms. The van der Waals surface area contributed by atoms with E-state index in [1.54, 1.807) is 11.7 Å². The lowest BCUT2D eigenvalue weighted by Gasteiger charge is -2.08. The van der Waals surface area contributed by atoms with Gasteiger partial charge in [-0.25, -0.2) is 15.0 Å². The lowest BCUT2D eigenvalue weighted by Crippen LogP contribution is -2.08. The average Bonchev–Trinajstić information content (AvgIpc) is 2.88. The van der Waals surface area contributed by atoms with E-state index in [2.05, 4.69) is 37.5 Å². The fourth-order valence-corrected chi connectivity index (χ4v) is 3.77. The summed E-state index contributed by atoms with van der Waals surface area (Å²) < 4.78 is 8.09. The Hall–Kier alpha value is -1.88. The Labute approximate surface area is 156 Å². The molecule has 0 saturated heterocycles. The number of halogens is 1. The largest absolute Gasteiger partial charge is 0.497 e. The number of rotatable bonds is 5. The van der Waals surface area contributed by atoms with E-state index >= 15 is 0 Å².